The topological polar surface area (TPSA) is 0 Å². The van der Waals surface area contributed by atoms with E-state index in [2.05, 4.69) is 109 Å². The van der Waals surface area contributed by atoms with E-state index in [9.17, 15) is 0 Å². The molecular weight excluding hydrogens is 423 g/mol. The van der Waals surface area contributed by atoms with Gasteiger partial charge in [-0.2, -0.15) is 0 Å². The van der Waals surface area contributed by atoms with Gasteiger partial charge in [0.05, 0.1) is 0 Å². The molecule has 0 amide bonds. The van der Waals surface area contributed by atoms with Crippen LogP contribution >= 0.6 is 30.2 Å². The second kappa shape index (κ2) is 8.36. The van der Waals surface area contributed by atoms with E-state index in [0.717, 1.165) is 11.2 Å². The molecule has 0 aliphatic rings. The summed E-state index contributed by atoms with van der Waals surface area (Å²) in [6.45, 7) is 0. The van der Waals surface area contributed by atoms with Gasteiger partial charge in [-0.05, 0) is 66.0 Å². The molecule has 0 saturated carbocycles. The second-order valence-corrected chi connectivity index (χ2v) is 12.5. The van der Waals surface area contributed by atoms with Crippen LogP contribution in [0.2, 0.25) is 5.02 Å². The highest BCUT2D eigenvalue weighted by Gasteiger charge is 2.45. The minimum atomic E-state index is -1.86. The fourth-order valence-corrected chi connectivity index (χ4v) is 10.1. The van der Waals surface area contributed by atoms with Crippen LogP contribution in [0.5, 0.6) is 0 Å². The highest BCUT2D eigenvalue weighted by molar-refractivity contribution is 7.95. The summed E-state index contributed by atoms with van der Waals surface area (Å²) in [5.74, 6) is 0. The van der Waals surface area contributed by atoms with Crippen LogP contribution in [-0.4, -0.2) is 0 Å². The van der Waals surface area contributed by atoms with Gasteiger partial charge in [-0.3, -0.25) is 0 Å². The average Bonchev–Trinajstić information content (AvgIpc) is 3.20. The maximum absolute atomic E-state index is 6.26. The summed E-state index contributed by atoms with van der Waals surface area (Å²) in [6.07, 6.45) is 1.00. The predicted molar refractivity (Wildman–Crippen MR) is 136 cm³/mol. The molecule has 1 aromatic heterocycles. The number of rotatable bonds is 5. The van der Waals surface area contributed by atoms with Crippen LogP contribution in [-0.2, 0) is 6.16 Å². The molecule has 0 atom stereocenters. The lowest BCUT2D eigenvalue weighted by molar-refractivity contribution is 1.50. The molecule has 3 heteroatoms. The smallest absolute Gasteiger partial charge is 0.117 e. The molecule has 0 nitrogen and oxygen atoms in total. The van der Waals surface area contributed by atoms with Crippen LogP contribution in [0, 0.1) is 0 Å². The Hall–Kier alpha value is -2.44. The van der Waals surface area contributed by atoms with Crippen molar-refractivity contribution in [1.82, 2.24) is 0 Å². The first-order chi connectivity index (χ1) is 14.8. The van der Waals surface area contributed by atoms with E-state index in [1.54, 1.807) is 0 Å². The Morgan fingerprint density at radius 3 is 1.60 bits per heavy atom. The molecule has 0 spiro atoms. The van der Waals surface area contributed by atoms with Gasteiger partial charge in [-0.15, -0.1) is 11.3 Å². The first kappa shape index (κ1) is 19.5. The number of halogens is 1. The molecule has 146 valence electrons. The first-order valence-corrected chi connectivity index (χ1v) is 13.2. The monoisotopic (exact) mass is 443 g/mol. The zero-order chi connectivity index (χ0) is 20.4. The van der Waals surface area contributed by atoms with Crippen molar-refractivity contribution in [2.45, 2.75) is 6.16 Å². The van der Waals surface area contributed by atoms with Crippen molar-refractivity contribution in [3.05, 3.63) is 125 Å². The first-order valence-electron chi connectivity index (χ1n) is 9.99. The molecule has 4 aromatic carbocycles. The third-order valence-electron chi connectivity index (χ3n) is 5.51. The molecule has 0 radical (unpaired) electrons. The van der Waals surface area contributed by atoms with Gasteiger partial charge in [0.2, 0.25) is 0 Å². The molecule has 0 fully saturated rings. The van der Waals surface area contributed by atoms with Gasteiger partial charge >= 0.3 is 0 Å². The molecule has 5 aromatic rings. The summed E-state index contributed by atoms with van der Waals surface area (Å²) >= 11 is 8.15. The molecular formula is C27H21ClPS+. The van der Waals surface area contributed by atoms with E-state index in [-0.39, 0.29) is 0 Å². The number of hydrogen-bond acceptors (Lipinski definition) is 1. The summed E-state index contributed by atoms with van der Waals surface area (Å²) in [5, 5.41) is 6.27. The van der Waals surface area contributed by atoms with Crippen molar-refractivity contribution >= 4 is 56.2 Å². The number of hydrogen-bond donors (Lipinski definition) is 0. The largest absolute Gasteiger partial charge is 0.136 e. The van der Waals surface area contributed by atoms with E-state index < -0.39 is 7.26 Å². The summed E-state index contributed by atoms with van der Waals surface area (Å²) in [4.78, 5) is 1.40. The van der Waals surface area contributed by atoms with E-state index in [1.807, 2.05) is 17.4 Å². The maximum Gasteiger partial charge on any atom is 0.117 e. The standard InChI is InChI=1S/C27H21ClPS/c28-22-16-17-27-21(18-22)19-26(30-27)20-29(23-10-4-1-5-11-23,24-12-6-2-7-13-24)25-14-8-3-9-15-25/h1-19H,20H2/q+1. The van der Waals surface area contributed by atoms with E-state index in [1.165, 1.54) is 30.9 Å². The van der Waals surface area contributed by atoms with Crippen molar-refractivity contribution in [3.63, 3.8) is 0 Å². The molecule has 0 N–H and O–H groups in total. The van der Waals surface area contributed by atoms with Crippen molar-refractivity contribution < 1.29 is 0 Å². The molecule has 1 heterocycles. The molecule has 0 aliphatic heterocycles. The Morgan fingerprint density at radius 1 is 0.600 bits per heavy atom. The zero-order valence-electron chi connectivity index (χ0n) is 16.4. The Labute approximate surface area is 187 Å². The van der Waals surface area contributed by atoms with Gasteiger partial charge in [-0.1, -0.05) is 66.2 Å². The van der Waals surface area contributed by atoms with E-state index >= 15 is 0 Å². The van der Waals surface area contributed by atoms with Gasteiger partial charge in [0, 0.05) is 14.6 Å². The molecule has 0 unspecified atom stereocenters. The van der Waals surface area contributed by atoms with E-state index in [4.69, 9.17) is 11.6 Å². The maximum atomic E-state index is 6.26. The van der Waals surface area contributed by atoms with Crippen molar-refractivity contribution in [2.75, 3.05) is 0 Å². The Balaban J connectivity index is 1.76. The lowest BCUT2D eigenvalue weighted by Crippen LogP contribution is -2.32. The molecule has 0 saturated heterocycles. The quantitative estimate of drug-likeness (QED) is 0.255. The highest BCUT2D eigenvalue weighted by Crippen LogP contribution is 2.59. The Morgan fingerprint density at radius 2 is 1.10 bits per heavy atom. The van der Waals surface area contributed by atoms with Crippen LogP contribution in [0.3, 0.4) is 0 Å². The number of benzene rings is 4. The SMILES string of the molecule is Clc1ccc2sc(C[P+](c3ccccc3)(c3ccccc3)c3ccccc3)cc2c1. The summed E-state index contributed by atoms with van der Waals surface area (Å²) in [6, 6.07) is 41.7. The van der Waals surface area contributed by atoms with Gasteiger partial charge in [0.25, 0.3) is 0 Å². The van der Waals surface area contributed by atoms with Crippen LogP contribution in [0.4, 0.5) is 0 Å². The molecule has 30 heavy (non-hydrogen) atoms. The average molecular weight is 444 g/mol. The van der Waals surface area contributed by atoms with Crippen molar-refractivity contribution in [1.29, 1.82) is 0 Å². The minimum absolute atomic E-state index is 0.794. The Kier molecular flexibility index (Phi) is 5.44. The number of thiophene rings is 1. The fourth-order valence-electron chi connectivity index (χ4n) is 4.15. The number of fused-ring (bicyclic) bond motifs is 1. The molecule has 0 aliphatic carbocycles. The summed E-state index contributed by atoms with van der Waals surface area (Å²) in [7, 11) is -1.86. The van der Waals surface area contributed by atoms with Crippen LogP contribution in [0.15, 0.2) is 115 Å². The second-order valence-electron chi connectivity index (χ2n) is 7.37. The van der Waals surface area contributed by atoms with Crippen LogP contribution in [0.1, 0.15) is 4.88 Å². The Bertz CT molecular complexity index is 1170. The van der Waals surface area contributed by atoms with Gasteiger partial charge in [0.15, 0.2) is 0 Å². The van der Waals surface area contributed by atoms with E-state index in [0.29, 0.717) is 0 Å². The van der Waals surface area contributed by atoms with Crippen LogP contribution < -0.4 is 15.9 Å². The predicted octanol–water partition coefficient (Wildman–Crippen LogP) is 7.05. The highest BCUT2D eigenvalue weighted by atomic mass is 35.5. The van der Waals surface area contributed by atoms with Gasteiger partial charge < -0.3 is 0 Å². The summed E-state index contributed by atoms with van der Waals surface area (Å²) in [5.41, 5.74) is 0. The van der Waals surface area contributed by atoms with Crippen molar-refractivity contribution in [3.8, 4) is 0 Å². The van der Waals surface area contributed by atoms with Crippen LogP contribution in [0.25, 0.3) is 10.1 Å². The molecule has 0 bridgehead atoms. The summed E-state index contributed by atoms with van der Waals surface area (Å²) < 4.78 is 1.29. The third-order valence-corrected chi connectivity index (χ3v) is 11.4. The van der Waals surface area contributed by atoms with Gasteiger partial charge in [-0.25, -0.2) is 0 Å². The lowest BCUT2D eigenvalue weighted by atomic mass is 10.2. The van der Waals surface area contributed by atoms with Gasteiger partial charge in [0.1, 0.15) is 29.3 Å². The van der Waals surface area contributed by atoms with Crippen molar-refractivity contribution in [2.24, 2.45) is 0 Å². The normalized spacial score (nSPS) is 11.6. The zero-order valence-corrected chi connectivity index (χ0v) is 18.9. The lowest BCUT2D eigenvalue weighted by Gasteiger charge is -2.27. The molecule has 5 rings (SSSR count). The fraction of sp³-hybridized carbons (Fsp3) is 0.0370. The third kappa shape index (κ3) is 3.59. The minimum Gasteiger partial charge on any atom is -0.136 e.